The highest BCUT2D eigenvalue weighted by molar-refractivity contribution is 5.18. The van der Waals surface area contributed by atoms with Crippen LogP contribution in [0.4, 0.5) is 13.2 Å². The third-order valence-electron chi connectivity index (χ3n) is 2.61. The number of aromatic nitrogens is 2. The Balaban J connectivity index is 2.73. The lowest BCUT2D eigenvalue weighted by Gasteiger charge is -2.21. The van der Waals surface area contributed by atoms with Crippen LogP contribution in [-0.2, 0) is 6.54 Å². The Hall–Kier alpha value is -1.37. The molecule has 0 aliphatic carbocycles. The van der Waals surface area contributed by atoms with Crippen molar-refractivity contribution in [3.63, 3.8) is 0 Å². The summed E-state index contributed by atoms with van der Waals surface area (Å²) in [6.45, 7) is 9.24. The van der Waals surface area contributed by atoms with Gasteiger partial charge in [-0.1, -0.05) is 0 Å². The van der Waals surface area contributed by atoms with Crippen molar-refractivity contribution in [2.24, 2.45) is 0 Å². The minimum absolute atomic E-state index is 0.0631. The van der Waals surface area contributed by atoms with E-state index in [1.54, 1.807) is 6.92 Å². The Kier molecular flexibility index (Phi) is 4.96. The molecule has 0 aliphatic rings. The fourth-order valence-corrected chi connectivity index (χ4v) is 1.29. The van der Waals surface area contributed by atoms with Gasteiger partial charge in [-0.15, -0.1) is 0 Å². The molecule has 7 heteroatoms. The average molecular weight is 291 g/mol. The maximum atomic E-state index is 12.4. The molecule has 1 aromatic heterocycles. The van der Waals surface area contributed by atoms with Gasteiger partial charge in [0.05, 0.1) is 0 Å². The number of hydrogen-bond donors (Lipinski definition) is 1. The summed E-state index contributed by atoms with van der Waals surface area (Å²) in [5.74, 6) is 0. The Morgan fingerprint density at radius 1 is 1.30 bits per heavy atom. The summed E-state index contributed by atoms with van der Waals surface area (Å²) < 4.78 is 41.8. The first kappa shape index (κ1) is 16.7. The molecule has 1 aromatic rings. The van der Waals surface area contributed by atoms with E-state index >= 15 is 0 Å². The zero-order valence-electron chi connectivity index (χ0n) is 12.3. The molecule has 1 unspecified atom stereocenters. The number of rotatable bonds is 4. The van der Waals surface area contributed by atoms with Crippen molar-refractivity contribution in [2.75, 3.05) is 0 Å². The van der Waals surface area contributed by atoms with Crippen molar-refractivity contribution in [1.29, 1.82) is 0 Å². The number of ether oxygens (including phenoxy) is 1. The normalized spacial score (nSPS) is 14.2. The Bertz CT molecular complexity index is 455. The second-order valence-electron chi connectivity index (χ2n) is 5.67. The van der Waals surface area contributed by atoms with E-state index in [4.69, 9.17) is 4.74 Å². The van der Waals surface area contributed by atoms with E-state index in [9.17, 15) is 13.2 Å². The van der Waals surface area contributed by atoms with E-state index in [1.807, 2.05) is 20.8 Å². The van der Waals surface area contributed by atoms with Gasteiger partial charge in [0.15, 0.2) is 6.10 Å². The van der Waals surface area contributed by atoms with Crippen molar-refractivity contribution in [3.8, 4) is 6.01 Å². The summed E-state index contributed by atoms with van der Waals surface area (Å²) in [6.07, 6.45) is -4.87. The molecule has 4 nitrogen and oxygen atoms in total. The fourth-order valence-electron chi connectivity index (χ4n) is 1.29. The Morgan fingerprint density at radius 3 is 2.35 bits per heavy atom. The van der Waals surface area contributed by atoms with Gasteiger partial charge in [0, 0.05) is 29.5 Å². The van der Waals surface area contributed by atoms with Gasteiger partial charge < -0.3 is 10.1 Å². The second kappa shape index (κ2) is 5.95. The van der Waals surface area contributed by atoms with Crippen LogP contribution in [0.5, 0.6) is 6.01 Å². The molecule has 0 saturated carbocycles. The summed E-state index contributed by atoms with van der Waals surface area (Å²) in [6, 6.07) is -0.258. The molecule has 0 saturated heterocycles. The molecule has 0 aromatic carbocycles. The third-order valence-corrected chi connectivity index (χ3v) is 2.61. The van der Waals surface area contributed by atoms with Gasteiger partial charge >= 0.3 is 12.2 Å². The van der Waals surface area contributed by atoms with Crippen LogP contribution >= 0.6 is 0 Å². The van der Waals surface area contributed by atoms with E-state index < -0.39 is 12.3 Å². The Morgan fingerprint density at radius 2 is 1.90 bits per heavy atom. The van der Waals surface area contributed by atoms with E-state index in [2.05, 4.69) is 15.3 Å². The van der Waals surface area contributed by atoms with Crippen LogP contribution < -0.4 is 10.1 Å². The van der Waals surface area contributed by atoms with Gasteiger partial charge in [-0.2, -0.15) is 13.2 Å². The van der Waals surface area contributed by atoms with Crippen molar-refractivity contribution in [3.05, 3.63) is 17.5 Å². The first-order valence-corrected chi connectivity index (χ1v) is 6.30. The van der Waals surface area contributed by atoms with Gasteiger partial charge in [0.1, 0.15) is 0 Å². The lowest BCUT2D eigenvalue weighted by molar-refractivity contribution is -0.190. The van der Waals surface area contributed by atoms with E-state index in [-0.39, 0.29) is 11.5 Å². The third kappa shape index (κ3) is 5.32. The van der Waals surface area contributed by atoms with Crippen LogP contribution in [0.1, 0.15) is 39.0 Å². The molecule has 0 radical (unpaired) electrons. The predicted octanol–water partition coefficient (Wildman–Crippen LogP) is 3.00. The van der Waals surface area contributed by atoms with Crippen LogP contribution in [0.15, 0.2) is 6.20 Å². The maximum absolute atomic E-state index is 12.4. The fraction of sp³-hybridized carbons (Fsp3) is 0.692. The molecule has 114 valence electrons. The molecule has 1 rings (SSSR count). The molecule has 0 fully saturated rings. The molecule has 1 N–H and O–H groups in total. The lowest BCUT2D eigenvalue weighted by atomic mass is 10.1. The number of halogens is 3. The van der Waals surface area contributed by atoms with E-state index in [0.717, 1.165) is 12.5 Å². The number of aryl methyl sites for hydroxylation is 1. The molecule has 1 atom stereocenters. The largest absolute Gasteiger partial charge is 0.451 e. The number of alkyl halides is 3. The van der Waals surface area contributed by atoms with Gasteiger partial charge in [-0.25, -0.2) is 9.97 Å². The zero-order chi connectivity index (χ0) is 15.6. The first-order chi connectivity index (χ1) is 8.99. The first-order valence-electron chi connectivity index (χ1n) is 6.30. The summed E-state index contributed by atoms with van der Waals surface area (Å²) in [7, 11) is 0. The summed E-state index contributed by atoms with van der Waals surface area (Å²) in [4.78, 5) is 7.77. The highest BCUT2D eigenvalue weighted by atomic mass is 19.4. The lowest BCUT2D eigenvalue weighted by Crippen LogP contribution is -2.35. The van der Waals surface area contributed by atoms with Crippen LogP contribution in [0, 0.1) is 6.92 Å². The van der Waals surface area contributed by atoms with E-state index in [1.165, 1.54) is 6.20 Å². The summed E-state index contributed by atoms with van der Waals surface area (Å²) in [5.41, 5.74) is 1.36. The van der Waals surface area contributed by atoms with Crippen molar-refractivity contribution in [2.45, 2.75) is 59.0 Å². The van der Waals surface area contributed by atoms with Gasteiger partial charge in [0.2, 0.25) is 0 Å². The Labute approximate surface area is 116 Å². The second-order valence-corrected chi connectivity index (χ2v) is 5.67. The standard InChI is InChI=1S/C13H20F3N3O/c1-8-10(7-18-12(3,4)5)6-17-11(19-8)20-9(2)13(14,15)16/h6,9,18H,7H2,1-5H3. The monoisotopic (exact) mass is 291 g/mol. The topological polar surface area (TPSA) is 47.0 Å². The molecule has 0 spiro atoms. The molecule has 20 heavy (non-hydrogen) atoms. The van der Waals surface area contributed by atoms with Gasteiger partial charge in [-0.3, -0.25) is 0 Å². The maximum Gasteiger partial charge on any atom is 0.425 e. The van der Waals surface area contributed by atoms with Crippen molar-refractivity contribution in [1.82, 2.24) is 15.3 Å². The van der Waals surface area contributed by atoms with Crippen LogP contribution in [0.25, 0.3) is 0 Å². The van der Waals surface area contributed by atoms with Crippen molar-refractivity contribution >= 4 is 0 Å². The highest BCUT2D eigenvalue weighted by Crippen LogP contribution is 2.23. The molecule has 0 amide bonds. The molecular weight excluding hydrogens is 271 g/mol. The van der Waals surface area contributed by atoms with Gasteiger partial charge in [0.25, 0.3) is 0 Å². The quantitative estimate of drug-likeness (QED) is 0.926. The smallest absolute Gasteiger partial charge is 0.425 e. The minimum atomic E-state index is -4.43. The number of nitrogens with one attached hydrogen (secondary N) is 1. The molecular formula is C13H20F3N3O. The number of hydrogen-bond acceptors (Lipinski definition) is 4. The van der Waals surface area contributed by atoms with Crippen LogP contribution in [-0.4, -0.2) is 27.8 Å². The highest BCUT2D eigenvalue weighted by Gasteiger charge is 2.38. The van der Waals surface area contributed by atoms with E-state index in [0.29, 0.717) is 12.2 Å². The predicted molar refractivity (Wildman–Crippen MR) is 69.5 cm³/mol. The van der Waals surface area contributed by atoms with Crippen molar-refractivity contribution < 1.29 is 17.9 Å². The molecule has 0 aliphatic heterocycles. The van der Waals surface area contributed by atoms with Crippen LogP contribution in [0.2, 0.25) is 0 Å². The molecule has 0 bridgehead atoms. The molecule has 1 heterocycles. The number of nitrogens with zero attached hydrogens (tertiary/aromatic N) is 2. The SMILES string of the molecule is Cc1nc(OC(C)C(F)(F)F)ncc1CNC(C)(C)C. The van der Waals surface area contributed by atoms with Crippen LogP contribution in [0.3, 0.4) is 0 Å². The summed E-state index contributed by atoms with van der Waals surface area (Å²) >= 11 is 0. The summed E-state index contributed by atoms with van der Waals surface area (Å²) in [5, 5.41) is 3.26. The average Bonchev–Trinajstić information content (AvgIpc) is 2.25. The zero-order valence-corrected chi connectivity index (χ0v) is 12.3. The minimum Gasteiger partial charge on any atom is -0.451 e. The van der Waals surface area contributed by atoms with Gasteiger partial charge in [-0.05, 0) is 34.6 Å².